The zero-order chi connectivity index (χ0) is 12.1. The van der Waals surface area contributed by atoms with Crippen LogP contribution in [0.4, 0.5) is 0 Å². The van der Waals surface area contributed by atoms with E-state index in [9.17, 15) is 9.59 Å². The first kappa shape index (κ1) is 13.1. The molecule has 1 rings (SSSR count). The normalized spacial score (nSPS) is 22.9. The van der Waals surface area contributed by atoms with Crippen LogP contribution in [0.1, 0.15) is 26.2 Å². The van der Waals surface area contributed by atoms with E-state index in [2.05, 4.69) is 12.2 Å². The van der Waals surface area contributed by atoms with Crippen LogP contribution in [0.5, 0.6) is 0 Å². The van der Waals surface area contributed by atoms with Gasteiger partial charge in [0.1, 0.15) is 0 Å². The average molecular weight is 228 g/mol. The molecule has 0 radical (unpaired) electrons. The third-order valence-corrected chi connectivity index (χ3v) is 2.82. The Hall–Kier alpha value is -0.940. The molecule has 16 heavy (non-hydrogen) atoms. The Morgan fingerprint density at radius 2 is 2.25 bits per heavy atom. The molecule has 1 aliphatic heterocycles. The second kappa shape index (κ2) is 5.96. The molecule has 0 bridgehead atoms. The Morgan fingerprint density at radius 1 is 1.56 bits per heavy atom. The third kappa shape index (κ3) is 3.02. The molecule has 0 saturated carbocycles. The van der Waals surface area contributed by atoms with E-state index in [0.29, 0.717) is 6.61 Å². The molecule has 0 spiro atoms. The van der Waals surface area contributed by atoms with Crippen molar-refractivity contribution in [1.29, 1.82) is 0 Å². The van der Waals surface area contributed by atoms with Gasteiger partial charge < -0.3 is 10.1 Å². The monoisotopic (exact) mass is 228 g/mol. The number of nitrogens with one attached hydrogen (secondary N) is 1. The molecular formula is C11H20N2O3. The molecule has 1 N–H and O–H groups in total. The summed E-state index contributed by atoms with van der Waals surface area (Å²) >= 11 is 0. The smallest absolute Gasteiger partial charge is 0.246 e. The Kier molecular flexibility index (Phi) is 4.89. The Balaban J connectivity index is 2.51. The number of nitrogens with zero attached hydrogens (tertiary/aromatic N) is 1. The number of hydrogen-bond acceptors (Lipinski definition) is 4. The van der Waals surface area contributed by atoms with Gasteiger partial charge in [0.25, 0.3) is 0 Å². The maximum absolute atomic E-state index is 11.7. The maximum Gasteiger partial charge on any atom is 0.246 e. The molecule has 0 aromatic carbocycles. The van der Waals surface area contributed by atoms with Crippen LogP contribution in [0, 0.1) is 0 Å². The Bertz CT molecular complexity index is 262. The van der Waals surface area contributed by atoms with Crippen molar-refractivity contribution in [1.82, 2.24) is 10.2 Å². The Morgan fingerprint density at radius 3 is 2.69 bits per heavy atom. The van der Waals surface area contributed by atoms with Crippen molar-refractivity contribution in [2.24, 2.45) is 0 Å². The SMILES string of the molecule is CCCC(COC)NC1CC(=O)N(C)C1=O. The van der Waals surface area contributed by atoms with Gasteiger partial charge in [0.05, 0.1) is 19.1 Å². The van der Waals surface area contributed by atoms with Crippen molar-refractivity contribution in [3.05, 3.63) is 0 Å². The number of imide groups is 1. The van der Waals surface area contributed by atoms with Crippen LogP contribution >= 0.6 is 0 Å². The molecule has 0 aromatic heterocycles. The van der Waals surface area contributed by atoms with Crippen LogP contribution in [0.2, 0.25) is 0 Å². The lowest BCUT2D eigenvalue weighted by Gasteiger charge is -2.20. The van der Waals surface area contributed by atoms with Crippen molar-refractivity contribution < 1.29 is 14.3 Å². The number of hydrogen-bond donors (Lipinski definition) is 1. The molecule has 5 heteroatoms. The first-order valence-corrected chi connectivity index (χ1v) is 5.65. The summed E-state index contributed by atoms with van der Waals surface area (Å²) in [4.78, 5) is 24.2. The van der Waals surface area contributed by atoms with E-state index in [-0.39, 0.29) is 30.3 Å². The summed E-state index contributed by atoms with van der Waals surface area (Å²) < 4.78 is 5.08. The Labute approximate surface area is 96.1 Å². The molecule has 0 aliphatic carbocycles. The number of rotatable bonds is 6. The van der Waals surface area contributed by atoms with E-state index in [4.69, 9.17) is 4.74 Å². The molecule has 1 saturated heterocycles. The second-order valence-corrected chi connectivity index (χ2v) is 4.16. The van der Waals surface area contributed by atoms with Crippen molar-refractivity contribution in [3.63, 3.8) is 0 Å². The highest BCUT2D eigenvalue weighted by atomic mass is 16.5. The van der Waals surface area contributed by atoms with Gasteiger partial charge >= 0.3 is 0 Å². The fourth-order valence-electron chi connectivity index (χ4n) is 1.93. The van der Waals surface area contributed by atoms with Crippen molar-refractivity contribution in [3.8, 4) is 0 Å². The summed E-state index contributed by atoms with van der Waals surface area (Å²) in [5.74, 6) is -0.252. The average Bonchev–Trinajstić information content (AvgIpc) is 2.47. The molecule has 2 amide bonds. The number of carbonyl (C=O) groups is 2. The second-order valence-electron chi connectivity index (χ2n) is 4.16. The van der Waals surface area contributed by atoms with Crippen molar-refractivity contribution in [2.75, 3.05) is 20.8 Å². The predicted octanol–water partition coefficient (Wildman–Crippen LogP) is 0.148. The first-order valence-electron chi connectivity index (χ1n) is 5.65. The van der Waals surface area contributed by atoms with Gasteiger partial charge in [0.2, 0.25) is 11.8 Å². The number of methoxy groups -OCH3 is 1. The lowest BCUT2D eigenvalue weighted by Crippen LogP contribution is -2.44. The van der Waals surface area contributed by atoms with E-state index < -0.39 is 0 Å². The number of amides is 2. The summed E-state index contributed by atoms with van der Waals surface area (Å²) in [5.41, 5.74) is 0. The molecule has 2 atom stereocenters. The van der Waals surface area contributed by atoms with Gasteiger partial charge in [0.15, 0.2) is 0 Å². The summed E-state index contributed by atoms with van der Waals surface area (Å²) in [6.07, 6.45) is 2.22. The van der Waals surface area contributed by atoms with Gasteiger partial charge in [0, 0.05) is 20.2 Å². The quantitative estimate of drug-likeness (QED) is 0.657. The molecule has 1 heterocycles. The minimum Gasteiger partial charge on any atom is -0.383 e. The van der Waals surface area contributed by atoms with Crippen LogP contribution in [-0.2, 0) is 14.3 Å². The van der Waals surface area contributed by atoms with Gasteiger partial charge in [-0.3, -0.25) is 14.5 Å². The van der Waals surface area contributed by atoms with Gasteiger partial charge in [-0.2, -0.15) is 0 Å². The summed E-state index contributed by atoms with van der Waals surface area (Å²) in [6.45, 7) is 2.65. The zero-order valence-electron chi connectivity index (χ0n) is 10.2. The predicted molar refractivity (Wildman–Crippen MR) is 59.9 cm³/mol. The fraction of sp³-hybridized carbons (Fsp3) is 0.818. The van der Waals surface area contributed by atoms with Gasteiger partial charge in [-0.1, -0.05) is 13.3 Å². The number of likely N-dealkylation sites (tertiary alicyclic amines) is 1. The molecule has 2 unspecified atom stereocenters. The van der Waals surface area contributed by atoms with Crippen LogP contribution < -0.4 is 5.32 Å². The zero-order valence-corrected chi connectivity index (χ0v) is 10.2. The van der Waals surface area contributed by atoms with Crippen LogP contribution in [0.25, 0.3) is 0 Å². The molecule has 92 valence electrons. The summed E-state index contributed by atoms with van der Waals surface area (Å²) in [5, 5.41) is 3.19. The summed E-state index contributed by atoms with van der Waals surface area (Å²) in [6, 6.07) is -0.229. The topological polar surface area (TPSA) is 58.6 Å². The minimum atomic E-state index is -0.371. The van der Waals surface area contributed by atoms with E-state index in [1.165, 1.54) is 11.9 Å². The third-order valence-electron chi connectivity index (χ3n) is 2.82. The largest absolute Gasteiger partial charge is 0.383 e. The fourth-order valence-corrected chi connectivity index (χ4v) is 1.93. The van der Waals surface area contributed by atoms with E-state index in [1.54, 1.807) is 7.11 Å². The minimum absolute atomic E-state index is 0.116. The highest BCUT2D eigenvalue weighted by Gasteiger charge is 2.36. The number of carbonyl (C=O) groups excluding carboxylic acids is 2. The van der Waals surface area contributed by atoms with Gasteiger partial charge in [-0.25, -0.2) is 0 Å². The standard InChI is InChI=1S/C11H20N2O3/c1-4-5-8(7-16-3)12-9-6-10(14)13(2)11(9)15/h8-9,12H,4-7H2,1-3H3. The van der Waals surface area contributed by atoms with Crippen LogP contribution in [0.15, 0.2) is 0 Å². The van der Waals surface area contributed by atoms with Crippen molar-refractivity contribution >= 4 is 11.8 Å². The molecule has 1 fully saturated rings. The lowest BCUT2D eigenvalue weighted by molar-refractivity contribution is -0.137. The molecule has 1 aliphatic rings. The first-order chi connectivity index (χ1) is 7.60. The maximum atomic E-state index is 11.7. The highest BCUT2D eigenvalue weighted by Crippen LogP contribution is 2.12. The lowest BCUT2D eigenvalue weighted by atomic mass is 10.1. The van der Waals surface area contributed by atoms with Crippen LogP contribution in [0.3, 0.4) is 0 Å². The van der Waals surface area contributed by atoms with E-state index in [0.717, 1.165) is 12.8 Å². The van der Waals surface area contributed by atoms with Crippen molar-refractivity contribution in [2.45, 2.75) is 38.3 Å². The molecule has 5 nitrogen and oxygen atoms in total. The number of likely N-dealkylation sites (N-methyl/N-ethyl adjacent to an activating group) is 1. The van der Waals surface area contributed by atoms with E-state index >= 15 is 0 Å². The highest BCUT2D eigenvalue weighted by molar-refractivity contribution is 6.05. The molecule has 0 aromatic rings. The summed E-state index contributed by atoms with van der Waals surface area (Å²) in [7, 11) is 3.16. The number of ether oxygens (including phenoxy) is 1. The van der Waals surface area contributed by atoms with E-state index in [1.807, 2.05) is 0 Å². The van der Waals surface area contributed by atoms with Gasteiger partial charge in [-0.15, -0.1) is 0 Å². The molecular weight excluding hydrogens is 208 g/mol. The van der Waals surface area contributed by atoms with Gasteiger partial charge in [-0.05, 0) is 6.42 Å². The van der Waals surface area contributed by atoms with Crippen LogP contribution in [-0.4, -0.2) is 49.6 Å².